The van der Waals surface area contributed by atoms with Gasteiger partial charge in [0.05, 0.1) is 0 Å². The molecule has 0 atom stereocenters. The summed E-state index contributed by atoms with van der Waals surface area (Å²) in [5.74, 6) is 0. The Morgan fingerprint density at radius 1 is 0.548 bits per heavy atom. The van der Waals surface area contributed by atoms with Crippen LogP contribution in [-0.2, 0) is 35.7 Å². The zero-order valence-corrected chi connectivity index (χ0v) is 21.6. The average molecular weight is 583 g/mol. The molecule has 0 unspecified atom stereocenters. The van der Waals surface area contributed by atoms with E-state index in [1.54, 1.807) is 11.1 Å². The van der Waals surface area contributed by atoms with E-state index in [0.717, 1.165) is 0 Å². The maximum Gasteiger partial charge on any atom is -1.00 e. The summed E-state index contributed by atoms with van der Waals surface area (Å²) in [6.07, 6.45) is 19.7. The topological polar surface area (TPSA) is 0 Å². The number of halogens is 2. The van der Waals surface area contributed by atoms with Crippen molar-refractivity contribution in [3.63, 3.8) is 0 Å². The van der Waals surface area contributed by atoms with Gasteiger partial charge in [0, 0.05) is 0 Å². The molecule has 0 radical (unpaired) electrons. The Kier molecular flexibility index (Phi) is 11.1. The molecule has 0 amide bonds. The van der Waals surface area contributed by atoms with Gasteiger partial charge >= 0.3 is 188 Å². The minimum Gasteiger partial charge on any atom is -1.00 e. The Bertz CT molecular complexity index is 846. The van der Waals surface area contributed by atoms with Crippen LogP contribution >= 0.6 is 0 Å². The monoisotopic (exact) mass is 584 g/mol. The first-order chi connectivity index (χ1) is 14.4. The molecule has 2 aliphatic rings. The van der Waals surface area contributed by atoms with Gasteiger partial charge in [-0.3, -0.25) is 0 Å². The molecule has 0 fully saturated rings. The molecule has 0 bridgehead atoms. The fourth-order valence-electron chi connectivity index (χ4n) is 4.27. The van der Waals surface area contributed by atoms with Gasteiger partial charge in [-0.15, -0.1) is 0 Å². The van der Waals surface area contributed by atoms with Crippen molar-refractivity contribution in [1.29, 1.82) is 0 Å². The average Bonchev–Trinajstić information content (AvgIpc) is 3.40. The zero-order chi connectivity index (χ0) is 19.7. The molecule has 31 heavy (non-hydrogen) atoms. The minimum atomic E-state index is -0.862. The number of rotatable bonds is 10. The Morgan fingerprint density at radius 3 is 1.39 bits per heavy atom. The van der Waals surface area contributed by atoms with E-state index >= 15 is 0 Å². The first-order valence-corrected chi connectivity index (χ1v) is 14.6. The van der Waals surface area contributed by atoms with E-state index in [1.807, 2.05) is 6.66 Å². The number of allylic oxidation sites excluding steroid dienone is 8. The third kappa shape index (κ3) is 7.64. The summed E-state index contributed by atoms with van der Waals surface area (Å²) < 4.78 is 3.72. The zero-order valence-electron chi connectivity index (χ0n) is 18.0. The third-order valence-electron chi connectivity index (χ3n) is 5.87. The molecule has 0 N–H and O–H groups in total. The van der Waals surface area contributed by atoms with Crippen LogP contribution in [-0.4, -0.2) is 0 Å². The van der Waals surface area contributed by atoms with Crippen LogP contribution in [0.2, 0.25) is 0 Å². The molecule has 0 nitrogen and oxygen atoms in total. The van der Waals surface area contributed by atoms with Gasteiger partial charge in [0.2, 0.25) is 0 Å². The van der Waals surface area contributed by atoms with Crippen LogP contribution < -0.4 is 9.41 Å². The molecular weight excluding hydrogens is 553 g/mol. The molecule has 2 aliphatic carbocycles. The summed E-state index contributed by atoms with van der Waals surface area (Å²) >= 11 is -0.862. The van der Waals surface area contributed by atoms with Crippen molar-refractivity contribution in [2.45, 2.75) is 51.4 Å². The summed E-state index contributed by atoms with van der Waals surface area (Å²) in [4.78, 5) is 0. The molecule has 2 aromatic rings. The summed E-state index contributed by atoms with van der Waals surface area (Å²) in [5, 5.41) is 0. The molecule has 0 aromatic heterocycles. The largest absolute Gasteiger partial charge is 1.00 e. The predicted molar refractivity (Wildman–Crippen MR) is 120 cm³/mol. The van der Waals surface area contributed by atoms with Crippen molar-refractivity contribution in [2.75, 3.05) is 0 Å². The quantitative estimate of drug-likeness (QED) is 0.373. The number of hydrogen-bond acceptors (Lipinski definition) is 0. The molecule has 0 saturated heterocycles. The first kappa shape index (κ1) is 25.4. The number of aryl methyl sites for hydroxylation is 2. The summed E-state index contributed by atoms with van der Waals surface area (Å²) in [6.45, 7) is 0. The van der Waals surface area contributed by atoms with E-state index in [4.69, 9.17) is 0 Å². The smallest absolute Gasteiger partial charge is 1.00 e. The summed E-state index contributed by atoms with van der Waals surface area (Å²) in [7, 11) is 0. The van der Waals surface area contributed by atoms with E-state index in [0.29, 0.717) is 0 Å². The van der Waals surface area contributed by atoms with E-state index < -0.39 is 22.9 Å². The standard InChI is InChI=1S/2C14H15.2FH.Hf/c2*1-2-7-13(8-3-1)11-6-12-14-9-4-5-10-14;;;/h2*1-4,7-9H,5-6,11-12H2;2*1H;/q;;;;+2/p-2. The van der Waals surface area contributed by atoms with Gasteiger partial charge in [-0.25, -0.2) is 0 Å². The van der Waals surface area contributed by atoms with Crippen molar-refractivity contribution < 1.29 is 32.3 Å². The van der Waals surface area contributed by atoms with Gasteiger partial charge in [-0.2, -0.15) is 0 Å². The second kappa shape index (κ2) is 13.5. The molecule has 160 valence electrons. The van der Waals surface area contributed by atoms with Crippen molar-refractivity contribution in [3.05, 3.63) is 114 Å². The molecule has 0 spiro atoms. The Balaban J connectivity index is 0.00000171. The van der Waals surface area contributed by atoms with Gasteiger partial charge in [0.15, 0.2) is 0 Å². The van der Waals surface area contributed by atoms with Gasteiger partial charge in [-0.1, -0.05) is 0 Å². The van der Waals surface area contributed by atoms with Crippen LogP contribution in [0.3, 0.4) is 0 Å². The van der Waals surface area contributed by atoms with E-state index in [-0.39, 0.29) is 9.41 Å². The molecule has 0 aliphatic heterocycles. The van der Waals surface area contributed by atoms with Crippen molar-refractivity contribution in [1.82, 2.24) is 0 Å². The Labute approximate surface area is 196 Å². The maximum absolute atomic E-state index is 2.44. The molecule has 3 heteroatoms. The Morgan fingerprint density at radius 2 is 0.968 bits per heavy atom. The second-order valence-corrected chi connectivity index (χ2v) is 13.3. The van der Waals surface area contributed by atoms with E-state index in [2.05, 4.69) is 85.0 Å². The maximum atomic E-state index is 2.44. The molecule has 4 rings (SSSR count). The predicted octanol–water partition coefficient (Wildman–Crippen LogP) is 1.55. The van der Waals surface area contributed by atoms with Crippen LogP contribution in [0.15, 0.2) is 103 Å². The number of benzene rings is 2. The van der Waals surface area contributed by atoms with Gasteiger partial charge in [-0.05, 0) is 0 Å². The van der Waals surface area contributed by atoms with Crippen molar-refractivity contribution in [2.24, 2.45) is 0 Å². The van der Waals surface area contributed by atoms with Crippen LogP contribution in [0.1, 0.15) is 49.7 Å². The molecule has 0 heterocycles. The van der Waals surface area contributed by atoms with E-state index in [1.165, 1.54) is 62.5 Å². The summed E-state index contributed by atoms with van der Waals surface area (Å²) in [5.41, 5.74) is 6.32. The second-order valence-electron chi connectivity index (χ2n) is 8.02. The van der Waals surface area contributed by atoms with Crippen LogP contribution in [0.4, 0.5) is 0 Å². The Hall–Kier alpha value is -1.87. The fraction of sp³-hybridized carbons (Fsp3) is 0.286. The van der Waals surface area contributed by atoms with Gasteiger partial charge in [0.1, 0.15) is 0 Å². The van der Waals surface area contributed by atoms with E-state index in [9.17, 15) is 0 Å². The van der Waals surface area contributed by atoms with Crippen molar-refractivity contribution >= 4 is 0 Å². The molecular formula is C28H30F2Hf. The fourth-order valence-corrected chi connectivity index (χ4v) is 9.81. The first-order valence-electron chi connectivity index (χ1n) is 11.0. The van der Waals surface area contributed by atoms with Crippen molar-refractivity contribution in [3.8, 4) is 0 Å². The molecule has 2 aromatic carbocycles. The SMILES string of the molecule is C1=CC(CCCc2ccccc2)=[C]([Hf+2][C]2=C(CCCc3ccccc3)C=CC2)C1.[F-].[F-]. The molecule has 0 saturated carbocycles. The van der Waals surface area contributed by atoms with Crippen LogP contribution in [0.5, 0.6) is 0 Å². The van der Waals surface area contributed by atoms with Crippen LogP contribution in [0.25, 0.3) is 0 Å². The van der Waals surface area contributed by atoms with Crippen LogP contribution in [0, 0.1) is 0 Å². The normalized spacial score (nSPS) is 14.5. The summed E-state index contributed by atoms with van der Waals surface area (Å²) in [6, 6.07) is 21.9. The third-order valence-corrected chi connectivity index (χ3v) is 11.8. The minimum absolute atomic E-state index is 0. The van der Waals surface area contributed by atoms with Gasteiger partial charge in [0.25, 0.3) is 0 Å². The van der Waals surface area contributed by atoms with Gasteiger partial charge < -0.3 is 9.41 Å². The number of hydrogen-bond donors (Lipinski definition) is 0.